The zero-order chi connectivity index (χ0) is 18.9. The number of fused-ring (bicyclic) bond motifs is 1. The highest BCUT2D eigenvalue weighted by atomic mass is 16.5. The van der Waals surface area contributed by atoms with Gasteiger partial charge in [-0.2, -0.15) is 0 Å². The van der Waals surface area contributed by atoms with Gasteiger partial charge in [0.25, 0.3) is 0 Å². The van der Waals surface area contributed by atoms with Gasteiger partial charge in [-0.15, -0.1) is 0 Å². The average Bonchev–Trinajstić information content (AvgIpc) is 3.27. The number of ether oxygens (including phenoxy) is 1. The minimum atomic E-state index is -0.663. The van der Waals surface area contributed by atoms with E-state index in [1.807, 2.05) is 29.2 Å². The Balaban J connectivity index is 1.58. The van der Waals surface area contributed by atoms with Crippen molar-refractivity contribution in [1.82, 2.24) is 10.2 Å². The summed E-state index contributed by atoms with van der Waals surface area (Å²) >= 11 is 0. The zero-order valence-electron chi connectivity index (χ0n) is 16.2. The maximum atomic E-state index is 13.5. The molecule has 2 saturated heterocycles. The lowest BCUT2D eigenvalue weighted by Crippen LogP contribution is -2.48. The van der Waals surface area contributed by atoms with Gasteiger partial charge in [0.2, 0.25) is 11.8 Å². The normalized spacial score (nSPS) is 28.3. The molecule has 1 aromatic carbocycles. The lowest BCUT2D eigenvalue weighted by molar-refractivity contribution is -0.129. The molecular weight excluding hydrogens is 340 g/mol. The van der Waals surface area contributed by atoms with Gasteiger partial charge in [-0.1, -0.05) is 31.4 Å². The third-order valence-electron chi connectivity index (χ3n) is 6.81. The molecule has 146 valence electrons. The molecule has 0 bridgehead atoms. The Hall–Kier alpha value is -2.04. The number of carbonyl (C=O) groups is 2. The minimum Gasteiger partial charge on any atom is -0.497 e. The van der Waals surface area contributed by atoms with Crippen LogP contribution in [-0.2, 0) is 15.0 Å². The van der Waals surface area contributed by atoms with E-state index in [1.165, 1.54) is 32.1 Å². The number of benzene rings is 1. The molecule has 0 radical (unpaired) electrons. The van der Waals surface area contributed by atoms with Crippen LogP contribution in [0.5, 0.6) is 5.75 Å². The third-order valence-corrected chi connectivity index (χ3v) is 6.81. The molecule has 5 heteroatoms. The van der Waals surface area contributed by atoms with Gasteiger partial charge in [0.05, 0.1) is 12.5 Å². The van der Waals surface area contributed by atoms with Crippen LogP contribution >= 0.6 is 0 Å². The first kappa shape index (κ1) is 18.3. The van der Waals surface area contributed by atoms with Crippen LogP contribution in [0, 0.1) is 5.92 Å². The number of carbonyl (C=O) groups excluding carboxylic acids is 2. The summed E-state index contributed by atoms with van der Waals surface area (Å²) in [5.41, 5.74) is 0.300. The second-order valence-corrected chi connectivity index (χ2v) is 8.45. The van der Waals surface area contributed by atoms with Crippen LogP contribution in [0.15, 0.2) is 24.3 Å². The highest BCUT2D eigenvalue weighted by Gasteiger charge is 2.53. The van der Waals surface area contributed by atoms with Gasteiger partial charge in [-0.05, 0) is 49.3 Å². The summed E-state index contributed by atoms with van der Waals surface area (Å²) in [6.07, 6.45) is 8.46. The molecule has 2 amide bonds. The van der Waals surface area contributed by atoms with E-state index >= 15 is 0 Å². The van der Waals surface area contributed by atoms with Gasteiger partial charge < -0.3 is 15.0 Å². The summed E-state index contributed by atoms with van der Waals surface area (Å²) in [5.74, 6) is 1.60. The Morgan fingerprint density at radius 2 is 2.07 bits per heavy atom. The molecule has 1 N–H and O–H groups in total. The molecule has 2 aliphatic heterocycles. The van der Waals surface area contributed by atoms with Crippen LogP contribution in [0.4, 0.5) is 0 Å². The quantitative estimate of drug-likeness (QED) is 0.867. The molecule has 27 heavy (non-hydrogen) atoms. The van der Waals surface area contributed by atoms with E-state index in [9.17, 15) is 9.59 Å². The second kappa shape index (κ2) is 7.53. The SMILES string of the molecule is COc1cccc([C@]2(C(=O)NCC3CCCCC3)C[C@@H]3CCC(=O)N3C2)c1. The van der Waals surface area contributed by atoms with E-state index in [0.29, 0.717) is 25.3 Å². The maximum absolute atomic E-state index is 13.5. The summed E-state index contributed by atoms with van der Waals surface area (Å²) in [6, 6.07) is 8.00. The third kappa shape index (κ3) is 3.44. The summed E-state index contributed by atoms with van der Waals surface area (Å²) in [5, 5.41) is 3.26. The minimum absolute atomic E-state index is 0.0727. The molecule has 0 unspecified atom stereocenters. The largest absolute Gasteiger partial charge is 0.497 e. The first-order valence-electron chi connectivity index (χ1n) is 10.3. The fourth-order valence-electron chi connectivity index (χ4n) is 5.20. The van der Waals surface area contributed by atoms with Crippen LogP contribution in [0.2, 0.25) is 0 Å². The van der Waals surface area contributed by atoms with Crippen molar-refractivity contribution in [3.8, 4) is 5.75 Å². The number of nitrogens with one attached hydrogen (secondary N) is 1. The highest BCUT2D eigenvalue weighted by molar-refractivity contribution is 5.91. The highest BCUT2D eigenvalue weighted by Crippen LogP contribution is 2.43. The number of nitrogens with zero attached hydrogens (tertiary/aromatic N) is 1. The van der Waals surface area contributed by atoms with Crippen molar-refractivity contribution in [2.24, 2.45) is 5.92 Å². The molecule has 5 nitrogen and oxygen atoms in total. The predicted molar refractivity (Wildman–Crippen MR) is 104 cm³/mol. The van der Waals surface area contributed by atoms with E-state index in [1.54, 1.807) is 7.11 Å². The lowest BCUT2D eigenvalue weighted by Gasteiger charge is -2.31. The monoisotopic (exact) mass is 370 g/mol. The van der Waals surface area contributed by atoms with Crippen LogP contribution < -0.4 is 10.1 Å². The van der Waals surface area contributed by atoms with Gasteiger partial charge in [0.15, 0.2) is 0 Å². The maximum Gasteiger partial charge on any atom is 0.232 e. The van der Waals surface area contributed by atoms with Crippen molar-refractivity contribution in [2.75, 3.05) is 20.2 Å². The van der Waals surface area contributed by atoms with Crippen molar-refractivity contribution in [1.29, 1.82) is 0 Å². The number of methoxy groups -OCH3 is 1. The molecule has 4 rings (SSSR count). The Kier molecular flexibility index (Phi) is 5.11. The van der Waals surface area contributed by atoms with E-state index in [4.69, 9.17) is 4.74 Å². The van der Waals surface area contributed by atoms with Crippen LogP contribution in [0.1, 0.15) is 56.9 Å². The molecule has 1 saturated carbocycles. The number of hydrogen-bond donors (Lipinski definition) is 1. The lowest BCUT2D eigenvalue weighted by atomic mass is 9.76. The first-order valence-corrected chi connectivity index (χ1v) is 10.3. The molecule has 1 aliphatic carbocycles. The molecule has 2 heterocycles. The second-order valence-electron chi connectivity index (χ2n) is 8.45. The Labute approximate surface area is 161 Å². The van der Waals surface area contributed by atoms with Crippen LogP contribution in [-0.4, -0.2) is 43.0 Å². The summed E-state index contributed by atoms with van der Waals surface area (Å²) in [6.45, 7) is 1.24. The van der Waals surface area contributed by atoms with Crippen LogP contribution in [0.25, 0.3) is 0 Å². The van der Waals surface area contributed by atoms with E-state index < -0.39 is 5.41 Å². The molecule has 0 spiro atoms. The summed E-state index contributed by atoms with van der Waals surface area (Å²) < 4.78 is 5.40. The predicted octanol–water partition coefficient (Wildman–Crippen LogP) is 3.02. The van der Waals surface area contributed by atoms with Gasteiger partial charge in [0, 0.05) is 25.6 Å². The Morgan fingerprint density at radius 3 is 2.81 bits per heavy atom. The van der Waals surface area contributed by atoms with Gasteiger partial charge in [-0.25, -0.2) is 0 Å². The van der Waals surface area contributed by atoms with Crippen molar-refractivity contribution < 1.29 is 14.3 Å². The topological polar surface area (TPSA) is 58.6 Å². The average molecular weight is 370 g/mol. The zero-order valence-corrected chi connectivity index (χ0v) is 16.2. The molecular formula is C22H30N2O3. The molecule has 1 aromatic rings. The number of hydrogen-bond acceptors (Lipinski definition) is 3. The van der Waals surface area contributed by atoms with E-state index in [-0.39, 0.29) is 17.9 Å². The van der Waals surface area contributed by atoms with Gasteiger partial charge in [-0.3, -0.25) is 9.59 Å². The smallest absolute Gasteiger partial charge is 0.232 e. The Morgan fingerprint density at radius 1 is 1.26 bits per heavy atom. The molecule has 3 aliphatic rings. The Bertz CT molecular complexity index is 713. The fourth-order valence-corrected chi connectivity index (χ4v) is 5.20. The molecule has 2 atom stereocenters. The molecule has 3 fully saturated rings. The van der Waals surface area contributed by atoms with Gasteiger partial charge in [0.1, 0.15) is 5.75 Å². The van der Waals surface area contributed by atoms with Crippen molar-refractivity contribution in [3.63, 3.8) is 0 Å². The molecule has 0 aromatic heterocycles. The fraction of sp³-hybridized carbons (Fsp3) is 0.636. The summed E-state index contributed by atoms with van der Waals surface area (Å²) in [4.78, 5) is 27.7. The van der Waals surface area contributed by atoms with Gasteiger partial charge >= 0.3 is 0 Å². The number of amides is 2. The van der Waals surface area contributed by atoms with Crippen molar-refractivity contribution >= 4 is 11.8 Å². The number of rotatable bonds is 5. The van der Waals surface area contributed by atoms with Crippen molar-refractivity contribution in [2.45, 2.75) is 62.8 Å². The summed E-state index contributed by atoms with van der Waals surface area (Å²) in [7, 11) is 1.64. The van der Waals surface area contributed by atoms with Crippen LogP contribution in [0.3, 0.4) is 0 Å². The standard InChI is InChI=1S/C22H30N2O3/c1-27-19-9-5-8-17(12-19)22(13-18-10-11-20(25)24(18)15-22)21(26)23-14-16-6-3-2-4-7-16/h5,8-9,12,16,18H,2-4,6-7,10-11,13-15H2,1H3,(H,23,26)/t18-,22-/m0/s1. The van der Waals surface area contributed by atoms with E-state index in [0.717, 1.165) is 24.3 Å². The van der Waals surface area contributed by atoms with Crippen molar-refractivity contribution in [3.05, 3.63) is 29.8 Å². The van der Waals surface area contributed by atoms with E-state index in [2.05, 4.69) is 5.32 Å². The first-order chi connectivity index (χ1) is 13.1.